The zero-order valence-corrected chi connectivity index (χ0v) is 13.3. The summed E-state index contributed by atoms with van der Waals surface area (Å²) in [4.78, 5) is 17.0. The van der Waals surface area contributed by atoms with E-state index in [1.165, 1.54) is 5.56 Å². The number of aryl methyl sites for hydroxylation is 1. The topological polar surface area (TPSA) is 75.1 Å². The molecule has 4 aromatic rings. The predicted octanol–water partition coefficient (Wildman–Crippen LogP) is 2.70. The summed E-state index contributed by atoms with van der Waals surface area (Å²) in [5, 5.41) is 10.6. The van der Waals surface area contributed by atoms with Gasteiger partial charge in [0.1, 0.15) is 5.65 Å². The smallest absolute Gasteiger partial charge is 0.252 e. The largest absolute Gasteiger partial charge is 0.346 e. The van der Waals surface area contributed by atoms with Gasteiger partial charge in [-0.15, -0.1) is 0 Å². The summed E-state index contributed by atoms with van der Waals surface area (Å²) in [6.07, 6.45) is 6.67. The number of imidazole rings is 1. The van der Waals surface area contributed by atoms with Gasteiger partial charge in [-0.2, -0.15) is 5.10 Å². The van der Waals surface area contributed by atoms with Gasteiger partial charge >= 0.3 is 0 Å². The number of rotatable bonds is 4. The fourth-order valence-corrected chi connectivity index (χ4v) is 2.82. The van der Waals surface area contributed by atoms with Crippen molar-refractivity contribution in [1.82, 2.24) is 24.9 Å². The first kappa shape index (κ1) is 14.4. The highest BCUT2D eigenvalue weighted by Crippen LogP contribution is 2.16. The molecule has 0 saturated carbocycles. The van der Waals surface area contributed by atoms with Crippen molar-refractivity contribution in [2.75, 3.05) is 0 Å². The predicted molar refractivity (Wildman–Crippen MR) is 91.8 cm³/mol. The lowest BCUT2D eigenvalue weighted by Gasteiger charge is -2.04. The third-order valence-electron chi connectivity index (χ3n) is 4.13. The lowest BCUT2D eigenvalue weighted by molar-refractivity contribution is 0.0952. The van der Waals surface area contributed by atoms with E-state index in [1.54, 1.807) is 12.3 Å². The first-order valence-electron chi connectivity index (χ1n) is 7.91. The van der Waals surface area contributed by atoms with Crippen molar-refractivity contribution in [3.05, 3.63) is 65.7 Å². The summed E-state index contributed by atoms with van der Waals surface area (Å²) in [6, 6.07) is 9.60. The second kappa shape index (κ2) is 5.81. The molecule has 0 fully saturated rings. The molecule has 3 heterocycles. The molecular weight excluding hydrogens is 302 g/mol. The van der Waals surface area contributed by atoms with E-state index in [0.29, 0.717) is 12.1 Å². The minimum absolute atomic E-state index is 0.131. The first-order valence-corrected chi connectivity index (χ1v) is 7.91. The summed E-state index contributed by atoms with van der Waals surface area (Å²) in [7, 11) is 0. The SMILES string of the molecule is CCc1ccc2nc(CNC(=O)c3cccc4[nH]ncc34)cn2c1. The van der Waals surface area contributed by atoms with Crippen LogP contribution in [0.4, 0.5) is 0 Å². The Morgan fingerprint density at radius 3 is 3.04 bits per heavy atom. The molecule has 0 aliphatic heterocycles. The number of hydrogen-bond donors (Lipinski definition) is 2. The number of fused-ring (bicyclic) bond motifs is 2. The number of pyridine rings is 1. The number of benzene rings is 1. The number of nitrogens with one attached hydrogen (secondary N) is 2. The van der Waals surface area contributed by atoms with Crippen LogP contribution in [-0.4, -0.2) is 25.5 Å². The number of amides is 1. The van der Waals surface area contributed by atoms with Gasteiger partial charge in [-0.25, -0.2) is 4.98 Å². The van der Waals surface area contributed by atoms with Gasteiger partial charge in [-0.05, 0) is 30.2 Å². The van der Waals surface area contributed by atoms with Crippen molar-refractivity contribution in [2.45, 2.75) is 19.9 Å². The molecule has 6 nitrogen and oxygen atoms in total. The van der Waals surface area contributed by atoms with E-state index < -0.39 is 0 Å². The normalized spacial score (nSPS) is 11.2. The standard InChI is InChI=1S/C18H17N5O/c1-2-12-6-7-17-21-13(11-23(17)10-12)8-19-18(24)14-4-3-5-16-15(14)9-20-22-16/h3-7,9-11H,2,8H2,1H3,(H,19,24)(H,20,22). The maximum atomic E-state index is 12.5. The lowest BCUT2D eigenvalue weighted by atomic mass is 10.1. The van der Waals surface area contributed by atoms with Crippen LogP contribution in [0.3, 0.4) is 0 Å². The molecule has 2 N–H and O–H groups in total. The number of aromatic nitrogens is 4. The quantitative estimate of drug-likeness (QED) is 0.607. The van der Waals surface area contributed by atoms with Crippen molar-refractivity contribution >= 4 is 22.5 Å². The van der Waals surface area contributed by atoms with E-state index in [9.17, 15) is 4.79 Å². The Hall–Kier alpha value is -3.15. The molecule has 120 valence electrons. The molecule has 0 saturated heterocycles. The van der Waals surface area contributed by atoms with Crippen molar-refractivity contribution in [1.29, 1.82) is 0 Å². The Labute approximate surface area is 138 Å². The van der Waals surface area contributed by atoms with Crippen LogP contribution in [0.2, 0.25) is 0 Å². The summed E-state index contributed by atoms with van der Waals surface area (Å²) in [6.45, 7) is 2.51. The van der Waals surface area contributed by atoms with Crippen LogP contribution in [0.25, 0.3) is 16.6 Å². The average molecular weight is 319 g/mol. The van der Waals surface area contributed by atoms with Crippen LogP contribution >= 0.6 is 0 Å². The molecular formula is C18H17N5O. The second-order valence-electron chi connectivity index (χ2n) is 5.71. The van der Waals surface area contributed by atoms with Crippen LogP contribution in [-0.2, 0) is 13.0 Å². The van der Waals surface area contributed by atoms with Gasteiger partial charge in [0.05, 0.1) is 29.5 Å². The minimum atomic E-state index is -0.131. The number of aromatic amines is 1. The Morgan fingerprint density at radius 2 is 2.17 bits per heavy atom. The Balaban J connectivity index is 1.54. The molecule has 1 aromatic carbocycles. The molecule has 24 heavy (non-hydrogen) atoms. The molecule has 0 bridgehead atoms. The minimum Gasteiger partial charge on any atom is -0.346 e. The Bertz CT molecular complexity index is 1030. The monoisotopic (exact) mass is 319 g/mol. The van der Waals surface area contributed by atoms with E-state index in [4.69, 9.17) is 0 Å². The molecule has 0 atom stereocenters. The summed E-state index contributed by atoms with van der Waals surface area (Å²) in [5.41, 5.74) is 4.42. The van der Waals surface area contributed by atoms with Crippen molar-refractivity contribution < 1.29 is 4.79 Å². The Kier molecular flexibility index (Phi) is 3.49. The van der Waals surface area contributed by atoms with E-state index in [0.717, 1.165) is 28.7 Å². The average Bonchev–Trinajstić information content (AvgIpc) is 3.24. The molecule has 4 rings (SSSR count). The molecule has 6 heteroatoms. The van der Waals surface area contributed by atoms with Gasteiger partial charge < -0.3 is 9.72 Å². The lowest BCUT2D eigenvalue weighted by Crippen LogP contribution is -2.23. The summed E-state index contributed by atoms with van der Waals surface area (Å²) >= 11 is 0. The van der Waals surface area contributed by atoms with Gasteiger partial charge in [0.15, 0.2) is 0 Å². The van der Waals surface area contributed by atoms with Gasteiger partial charge in [0.25, 0.3) is 5.91 Å². The van der Waals surface area contributed by atoms with Crippen molar-refractivity contribution in [3.8, 4) is 0 Å². The van der Waals surface area contributed by atoms with Crippen LogP contribution in [0, 0.1) is 0 Å². The number of nitrogens with zero attached hydrogens (tertiary/aromatic N) is 3. The van der Waals surface area contributed by atoms with Crippen LogP contribution in [0.5, 0.6) is 0 Å². The first-order chi connectivity index (χ1) is 11.7. The summed E-state index contributed by atoms with van der Waals surface area (Å²) in [5.74, 6) is -0.131. The fourth-order valence-electron chi connectivity index (χ4n) is 2.82. The second-order valence-corrected chi connectivity index (χ2v) is 5.71. The molecule has 0 radical (unpaired) electrons. The highest BCUT2D eigenvalue weighted by atomic mass is 16.1. The van der Waals surface area contributed by atoms with Gasteiger partial charge in [0.2, 0.25) is 0 Å². The molecule has 0 aliphatic rings. The number of carbonyl (C=O) groups is 1. The molecule has 0 unspecified atom stereocenters. The zero-order chi connectivity index (χ0) is 16.5. The van der Waals surface area contributed by atoms with Crippen LogP contribution in [0.1, 0.15) is 28.5 Å². The van der Waals surface area contributed by atoms with Crippen molar-refractivity contribution in [2.24, 2.45) is 0 Å². The van der Waals surface area contributed by atoms with Gasteiger partial charge in [0, 0.05) is 17.8 Å². The van der Waals surface area contributed by atoms with Crippen LogP contribution in [0.15, 0.2) is 48.9 Å². The van der Waals surface area contributed by atoms with Crippen LogP contribution < -0.4 is 5.32 Å². The zero-order valence-electron chi connectivity index (χ0n) is 13.3. The third-order valence-corrected chi connectivity index (χ3v) is 4.13. The highest BCUT2D eigenvalue weighted by Gasteiger charge is 2.11. The van der Waals surface area contributed by atoms with E-state index >= 15 is 0 Å². The number of H-pyrrole nitrogens is 1. The van der Waals surface area contributed by atoms with E-state index in [2.05, 4.69) is 39.7 Å². The van der Waals surface area contributed by atoms with E-state index in [1.807, 2.05) is 28.8 Å². The van der Waals surface area contributed by atoms with Crippen molar-refractivity contribution in [3.63, 3.8) is 0 Å². The molecule has 1 amide bonds. The fraction of sp³-hybridized carbons (Fsp3) is 0.167. The molecule has 0 aliphatic carbocycles. The summed E-state index contributed by atoms with van der Waals surface area (Å²) < 4.78 is 2.00. The highest BCUT2D eigenvalue weighted by molar-refractivity contribution is 6.05. The Morgan fingerprint density at radius 1 is 1.25 bits per heavy atom. The molecule has 3 aromatic heterocycles. The van der Waals surface area contributed by atoms with Gasteiger partial charge in [-0.3, -0.25) is 9.89 Å². The molecule has 0 spiro atoms. The maximum absolute atomic E-state index is 12.5. The number of hydrogen-bond acceptors (Lipinski definition) is 3. The van der Waals surface area contributed by atoms with E-state index in [-0.39, 0.29) is 5.91 Å². The maximum Gasteiger partial charge on any atom is 0.252 e. The van der Waals surface area contributed by atoms with Gasteiger partial charge in [-0.1, -0.05) is 19.1 Å². The third kappa shape index (κ3) is 2.52. The number of carbonyl (C=O) groups excluding carboxylic acids is 1.